The van der Waals surface area contributed by atoms with Crippen LogP contribution in [0.3, 0.4) is 0 Å². The Bertz CT molecular complexity index is 515. The summed E-state index contributed by atoms with van der Waals surface area (Å²) in [4.78, 5) is 6.32. The molecular formula is C13H23N3O2S. The van der Waals surface area contributed by atoms with Gasteiger partial charge in [0.05, 0.1) is 5.75 Å². The van der Waals surface area contributed by atoms with Crippen LogP contribution >= 0.6 is 0 Å². The highest BCUT2D eigenvalue weighted by Crippen LogP contribution is 2.13. The number of nitrogens with one attached hydrogen (secondary N) is 1. The minimum absolute atomic E-state index is 0.141. The van der Waals surface area contributed by atoms with Crippen molar-refractivity contribution < 1.29 is 8.42 Å². The number of rotatable bonds is 7. The number of pyridine rings is 1. The molecule has 0 atom stereocenters. The number of hydrogen-bond acceptors (Lipinski definition) is 5. The van der Waals surface area contributed by atoms with Crippen LogP contribution in [-0.4, -0.2) is 45.5 Å². The second-order valence-corrected chi connectivity index (χ2v) is 7.07. The molecule has 0 aromatic carbocycles. The van der Waals surface area contributed by atoms with Gasteiger partial charge in [0.15, 0.2) is 0 Å². The lowest BCUT2D eigenvalue weighted by molar-refractivity contribution is 0.601. The molecule has 0 aliphatic carbocycles. The average molecular weight is 285 g/mol. The topological polar surface area (TPSA) is 62.3 Å². The molecule has 5 nitrogen and oxygen atoms in total. The highest BCUT2D eigenvalue weighted by atomic mass is 32.2. The van der Waals surface area contributed by atoms with Gasteiger partial charge in [-0.1, -0.05) is 6.92 Å². The number of aromatic nitrogens is 1. The highest BCUT2D eigenvalue weighted by Gasteiger charge is 2.09. The van der Waals surface area contributed by atoms with Crippen LogP contribution in [0.15, 0.2) is 12.1 Å². The Hall–Kier alpha value is -1.14. The molecule has 0 saturated carbocycles. The first-order valence-corrected chi connectivity index (χ1v) is 8.45. The van der Waals surface area contributed by atoms with Crippen molar-refractivity contribution in [2.24, 2.45) is 0 Å². The Kier molecular flexibility index (Phi) is 5.75. The molecule has 1 rings (SSSR count). The van der Waals surface area contributed by atoms with Gasteiger partial charge in [0.1, 0.15) is 15.7 Å². The summed E-state index contributed by atoms with van der Waals surface area (Å²) in [5, 5.41) is 3.27. The Morgan fingerprint density at radius 1 is 1.37 bits per heavy atom. The van der Waals surface area contributed by atoms with Crippen LogP contribution < -0.4 is 10.2 Å². The molecule has 0 aliphatic rings. The summed E-state index contributed by atoms with van der Waals surface area (Å²) in [6.07, 6.45) is 1.25. The molecule has 0 radical (unpaired) electrons. The molecule has 1 heterocycles. The second kappa shape index (κ2) is 6.86. The quantitative estimate of drug-likeness (QED) is 0.809. The van der Waals surface area contributed by atoms with Gasteiger partial charge < -0.3 is 10.2 Å². The van der Waals surface area contributed by atoms with Gasteiger partial charge >= 0.3 is 0 Å². The molecule has 0 unspecified atom stereocenters. The molecular weight excluding hydrogens is 262 g/mol. The van der Waals surface area contributed by atoms with E-state index in [0.717, 1.165) is 30.2 Å². The maximum Gasteiger partial charge on any atom is 0.149 e. The molecule has 1 aromatic heterocycles. The zero-order chi connectivity index (χ0) is 14.5. The van der Waals surface area contributed by atoms with E-state index in [1.165, 1.54) is 6.26 Å². The predicted octanol–water partition coefficient (Wildman–Crippen LogP) is 0.980. The molecule has 0 fully saturated rings. The number of anilines is 1. The van der Waals surface area contributed by atoms with Crippen LogP contribution in [-0.2, 0) is 16.4 Å². The van der Waals surface area contributed by atoms with Crippen LogP contribution in [0, 0.1) is 6.92 Å². The monoisotopic (exact) mass is 285 g/mol. The minimum atomic E-state index is -2.94. The number of sulfone groups is 1. The molecule has 0 spiro atoms. The van der Waals surface area contributed by atoms with Gasteiger partial charge in [-0.3, -0.25) is 0 Å². The van der Waals surface area contributed by atoms with E-state index in [4.69, 9.17) is 0 Å². The van der Waals surface area contributed by atoms with Crippen LogP contribution in [0.25, 0.3) is 0 Å². The fourth-order valence-electron chi connectivity index (χ4n) is 1.71. The third-order valence-corrected chi connectivity index (χ3v) is 3.69. The zero-order valence-electron chi connectivity index (χ0n) is 12.1. The van der Waals surface area contributed by atoms with Crippen LogP contribution in [0.2, 0.25) is 0 Å². The van der Waals surface area contributed by atoms with Crippen molar-refractivity contribution in [1.82, 2.24) is 10.3 Å². The molecule has 6 heteroatoms. The summed E-state index contributed by atoms with van der Waals surface area (Å²) in [6.45, 7) is 6.18. The molecule has 0 bridgehead atoms. The molecule has 108 valence electrons. The summed E-state index contributed by atoms with van der Waals surface area (Å²) >= 11 is 0. The summed E-state index contributed by atoms with van der Waals surface area (Å²) in [7, 11) is -1.08. The van der Waals surface area contributed by atoms with Crippen LogP contribution in [0.5, 0.6) is 0 Å². The van der Waals surface area contributed by atoms with Crippen molar-refractivity contribution in [1.29, 1.82) is 0 Å². The van der Waals surface area contributed by atoms with Gasteiger partial charge in [-0.05, 0) is 31.2 Å². The van der Waals surface area contributed by atoms with Gasteiger partial charge in [0.25, 0.3) is 0 Å². The molecule has 0 aliphatic heterocycles. The summed E-state index contributed by atoms with van der Waals surface area (Å²) in [5.41, 5.74) is 2.10. The normalized spacial score (nSPS) is 11.6. The van der Waals surface area contributed by atoms with Crippen LogP contribution in [0.4, 0.5) is 5.82 Å². The van der Waals surface area contributed by atoms with Crippen molar-refractivity contribution >= 4 is 15.7 Å². The lowest BCUT2D eigenvalue weighted by Gasteiger charge is -2.19. The maximum absolute atomic E-state index is 11.2. The number of hydrogen-bond donors (Lipinski definition) is 1. The van der Waals surface area contributed by atoms with E-state index >= 15 is 0 Å². The van der Waals surface area contributed by atoms with Crippen molar-refractivity contribution in [3.63, 3.8) is 0 Å². The van der Waals surface area contributed by atoms with Gasteiger partial charge in [0.2, 0.25) is 0 Å². The first-order valence-electron chi connectivity index (χ1n) is 6.39. The molecule has 0 saturated heterocycles. The van der Waals surface area contributed by atoms with E-state index in [1.807, 2.05) is 31.0 Å². The van der Waals surface area contributed by atoms with Crippen molar-refractivity contribution in [2.75, 3.05) is 37.0 Å². The summed E-state index contributed by atoms with van der Waals surface area (Å²) in [6, 6.07) is 4.04. The van der Waals surface area contributed by atoms with Crippen molar-refractivity contribution in [3.8, 4) is 0 Å². The third kappa shape index (κ3) is 6.02. The lowest BCUT2D eigenvalue weighted by Crippen LogP contribution is -2.26. The highest BCUT2D eigenvalue weighted by molar-refractivity contribution is 7.90. The first-order chi connectivity index (χ1) is 8.81. The van der Waals surface area contributed by atoms with Gasteiger partial charge in [0, 0.05) is 32.1 Å². The zero-order valence-corrected chi connectivity index (χ0v) is 12.9. The molecule has 19 heavy (non-hydrogen) atoms. The molecule has 0 amide bonds. The van der Waals surface area contributed by atoms with E-state index in [2.05, 4.69) is 17.2 Å². The second-order valence-electron chi connectivity index (χ2n) is 4.81. The fraction of sp³-hybridized carbons (Fsp3) is 0.615. The standard InChI is InChI=1S/C13H23N3O2S/c1-5-14-10-12-8-11(2)15-13(9-12)16(3)6-7-19(4,17)18/h8-9,14H,5-7,10H2,1-4H3. The average Bonchev–Trinajstić information content (AvgIpc) is 2.31. The first kappa shape index (κ1) is 15.9. The Morgan fingerprint density at radius 2 is 2.05 bits per heavy atom. The van der Waals surface area contributed by atoms with Gasteiger partial charge in [-0.2, -0.15) is 0 Å². The maximum atomic E-state index is 11.2. The lowest BCUT2D eigenvalue weighted by atomic mass is 10.2. The van der Waals surface area contributed by atoms with E-state index in [9.17, 15) is 8.42 Å². The fourth-order valence-corrected chi connectivity index (χ4v) is 2.31. The van der Waals surface area contributed by atoms with Crippen molar-refractivity contribution in [2.45, 2.75) is 20.4 Å². The minimum Gasteiger partial charge on any atom is -0.359 e. The molecule has 1 N–H and O–H groups in total. The van der Waals surface area contributed by atoms with Crippen LogP contribution in [0.1, 0.15) is 18.2 Å². The Morgan fingerprint density at radius 3 is 2.63 bits per heavy atom. The van der Waals surface area contributed by atoms with E-state index in [1.54, 1.807) is 0 Å². The molecule has 1 aromatic rings. The van der Waals surface area contributed by atoms with E-state index < -0.39 is 9.84 Å². The van der Waals surface area contributed by atoms with E-state index in [0.29, 0.717) is 6.54 Å². The smallest absolute Gasteiger partial charge is 0.149 e. The van der Waals surface area contributed by atoms with Gasteiger partial charge in [-0.15, -0.1) is 0 Å². The largest absolute Gasteiger partial charge is 0.359 e. The van der Waals surface area contributed by atoms with Crippen molar-refractivity contribution in [3.05, 3.63) is 23.4 Å². The summed E-state index contributed by atoms with van der Waals surface area (Å²) < 4.78 is 22.4. The number of aryl methyl sites for hydroxylation is 1. The third-order valence-electron chi connectivity index (χ3n) is 2.77. The van der Waals surface area contributed by atoms with E-state index in [-0.39, 0.29) is 5.75 Å². The number of nitrogens with zero attached hydrogens (tertiary/aromatic N) is 2. The predicted molar refractivity (Wildman–Crippen MR) is 79.3 cm³/mol. The SMILES string of the molecule is CCNCc1cc(C)nc(N(C)CCS(C)(=O)=O)c1. The van der Waals surface area contributed by atoms with Gasteiger partial charge in [-0.25, -0.2) is 13.4 Å². The summed E-state index contributed by atoms with van der Waals surface area (Å²) in [5.74, 6) is 0.957. The Balaban J connectivity index is 2.78. The Labute approximate surface area is 116 Å².